The molecule has 0 spiro atoms. The maximum absolute atomic E-state index is 5.65. The monoisotopic (exact) mass is 363 g/mol. The molecule has 0 saturated heterocycles. The topological polar surface area (TPSA) is 53.8 Å². The average molecular weight is 364 g/mol. The van der Waals surface area contributed by atoms with E-state index < -0.39 is 0 Å². The van der Waals surface area contributed by atoms with E-state index in [4.69, 9.17) is 5.73 Å². The molecular formula is C19H23Cl2N3. The minimum absolute atomic E-state index is 0. The Bertz CT molecular complexity index is 799. The molecule has 1 aliphatic carbocycles. The SMILES string of the molecule is Cl.Cl.NCCNC1CCc2c(-c3ccccc3)[nH]c3cccc1c23. The Hall–Kier alpha value is -1.52. The van der Waals surface area contributed by atoms with Crippen LogP contribution in [0.3, 0.4) is 0 Å². The molecule has 1 heterocycles. The summed E-state index contributed by atoms with van der Waals surface area (Å²) in [6.07, 6.45) is 2.23. The maximum atomic E-state index is 5.65. The first-order valence-corrected chi connectivity index (χ1v) is 8.01. The molecule has 24 heavy (non-hydrogen) atoms. The van der Waals surface area contributed by atoms with Crippen molar-refractivity contribution in [2.75, 3.05) is 13.1 Å². The summed E-state index contributed by atoms with van der Waals surface area (Å²) in [4.78, 5) is 3.64. The number of aromatic nitrogens is 1. The number of rotatable bonds is 4. The van der Waals surface area contributed by atoms with Crippen LogP contribution < -0.4 is 11.1 Å². The zero-order chi connectivity index (χ0) is 14.9. The van der Waals surface area contributed by atoms with E-state index in [-0.39, 0.29) is 24.8 Å². The first-order chi connectivity index (χ1) is 10.9. The van der Waals surface area contributed by atoms with E-state index >= 15 is 0 Å². The summed E-state index contributed by atoms with van der Waals surface area (Å²) < 4.78 is 0. The highest BCUT2D eigenvalue weighted by molar-refractivity contribution is 5.94. The molecule has 0 fully saturated rings. The Morgan fingerprint density at radius 2 is 1.83 bits per heavy atom. The van der Waals surface area contributed by atoms with Crippen LogP contribution in [0, 0.1) is 0 Å². The molecule has 5 heteroatoms. The van der Waals surface area contributed by atoms with Crippen LogP contribution >= 0.6 is 24.8 Å². The fourth-order valence-corrected chi connectivity index (χ4v) is 3.65. The third-order valence-electron chi connectivity index (χ3n) is 4.62. The van der Waals surface area contributed by atoms with Gasteiger partial charge in [0, 0.05) is 35.7 Å². The number of hydrogen-bond donors (Lipinski definition) is 3. The molecule has 4 rings (SSSR count). The molecule has 1 atom stereocenters. The van der Waals surface area contributed by atoms with E-state index in [0.717, 1.165) is 19.4 Å². The van der Waals surface area contributed by atoms with Crippen LogP contribution in [0.4, 0.5) is 0 Å². The van der Waals surface area contributed by atoms with Crippen LogP contribution in [-0.2, 0) is 6.42 Å². The van der Waals surface area contributed by atoms with Gasteiger partial charge in [0.2, 0.25) is 0 Å². The van der Waals surface area contributed by atoms with Gasteiger partial charge in [-0.05, 0) is 35.6 Å². The Kier molecular flexibility index (Phi) is 6.30. The Balaban J connectivity index is 0.00000104. The standard InChI is InChI=1S/C19H21N3.2ClH/c20-11-12-21-16-10-9-15-18-14(16)7-4-8-17(18)22-19(15)13-5-2-1-3-6-13;;/h1-8,16,21-22H,9-12,20H2;2*1H. The fraction of sp³-hybridized carbons (Fsp3) is 0.263. The van der Waals surface area contributed by atoms with Crippen LogP contribution in [0.15, 0.2) is 48.5 Å². The summed E-state index contributed by atoms with van der Waals surface area (Å²) in [6, 6.07) is 17.6. The van der Waals surface area contributed by atoms with E-state index in [9.17, 15) is 0 Å². The lowest BCUT2D eigenvalue weighted by Crippen LogP contribution is -2.29. The molecule has 2 aromatic carbocycles. The second-order valence-electron chi connectivity index (χ2n) is 5.95. The van der Waals surface area contributed by atoms with Gasteiger partial charge in [-0.25, -0.2) is 0 Å². The highest BCUT2D eigenvalue weighted by atomic mass is 35.5. The second kappa shape index (κ2) is 8.04. The average Bonchev–Trinajstić information content (AvgIpc) is 2.96. The van der Waals surface area contributed by atoms with Crippen LogP contribution in [0.2, 0.25) is 0 Å². The van der Waals surface area contributed by atoms with E-state index in [1.54, 1.807) is 0 Å². The highest BCUT2D eigenvalue weighted by Crippen LogP contribution is 2.40. The molecule has 1 aliphatic rings. The van der Waals surface area contributed by atoms with Crippen molar-refractivity contribution in [2.45, 2.75) is 18.9 Å². The first kappa shape index (κ1) is 18.8. The lowest BCUT2D eigenvalue weighted by atomic mass is 9.87. The summed E-state index contributed by atoms with van der Waals surface area (Å²) >= 11 is 0. The number of hydrogen-bond acceptors (Lipinski definition) is 2. The Labute approximate surface area is 154 Å². The van der Waals surface area contributed by atoms with Gasteiger partial charge >= 0.3 is 0 Å². The summed E-state index contributed by atoms with van der Waals surface area (Å²) in [5.41, 5.74) is 12.3. The number of halogens is 2. The van der Waals surface area contributed by atoms with Crippen LogP contribution in [0.1, 0.15) is 23.6 Å². The van der Waals surface area contributed by atoms with E-state index in [1.165, 1.54) is 33.3 Å². The molecule has 1 aromatic heterocycles. The number of nitrogens with one attached hydrogen (secondary N) is 2. The van der Waals surface area contributed by atoms with Crippen LogP contribution in [0.25, 0.3) is 22.2 Å². The van der Waals surface area contributed by atoms with Gasteiger partial charge in [-0.1, -0.05) is 42.5 Å². The molecular weight excluding hydrogens is 341 g/mol. The second-order valence-corrected chi connectivity index (χ2v) is 5.95. The van der Waals surface area contributed by atoms with Gasteiger partial charge in [-0.2, -0.15) is 0 Å². The van der Waals surface area contributed by atoms with Gasteiger partial charge in [0.05, 0.1) is 0 Å². The largest absolute Gasteiger partial charge is 0.354 e. The van der Waals surface area contributed by atoms with Crippen molar-refractivity contribution < 1.29 is 0 Å². The quantitative estimate of drug-likeness (QED) is 0.649. The lowest BCUT2D eigenvalue weighted by Gasteiger charge is -2.25. The molecule has 1 unspecified atom stereocenters. The van der Waals surface area contributed by atoms with E-state index in [0.29, 0.717) is 12.6 Å². The van der Waals surface area contributed by atoms with Gasteiger partial charge in [-0.3, -0.25) is 0 Å². The minimum Gasteiger partial charge on any atom is -0.354 e. The zero-order valence-electron chi connectivity index (χ0n) is 13.4. The molecule has 3 aromatic rings. The molecule has 0 saturated carbocycles. The van der Waals surface area contributed by atoms with Crippen molar-refractivity contribution in [3.8, 4) is 11.3 Å². The number of aryl methyl sites for hydroxylation is 1. The van der Waals surface area contributed by atoms with Crippen molar-refractivity contribution in [1.29, 1.82) is 0 Å². The minimum atomic E-state index is 0. The number of nitrogens with two attached hydrogens (primary N) is 1. The fourth-order valence-electron chi connectivity index (χ4n) is 3.65. The van der Waals surface area contributed by atoms with Gasteiger partial charge in [0.15, 0.2) is 0 Å². The Morgan fingerprint density at radius 1 is 1.04 bits per heavy atom. The zero-order valence-corrected chi connectivity index (χ0v) is 15.1. The van der Waals surface area contributed by atoms with E-state index in [1.807, 2.05) is 0 Å². The van der Waals surface area contributed by atoms with E-state index in [2.05, 4.69) is 58.8 Å². The highest BCUT2D eigenvalue weighted by Gasteiger charge is 2.25. The van der Waals surface area contributed by atoms with Crippen molar-refractivity contribution in [3.05, 3.63) is 59.7 Å². The molecule has 128 valence electrons. The summed E-state index contributed by atoms with van der Waals surface area (Å²) in [7, 11) is 0. The normalized spacial score (nSPS) is 15.6. The maximum Gasteiger partial charge on any atom is 0.0497 e. The number of H-pyrrole nitrogens is 1. The predicted octanol–water partition coefficient (Wildman–Crippen LogP) is 4.21. The number of aromatic amines is 1. The molecule has 0 aliphatic heterocycles. The third-order valence-corrected chi connectivity index (χ3v) is 4.62. The van der Waals surface area contributed by atoms with Gasteiger partial charge in [0.25, 0.3) is 0 Å². The third kappa shape index (κ3) is 3.17. The summed E-state index contributed by atoms with van der Waals surface area (Å²) in [5.74, 6) is 0. The van der Waals surface area contributed by atoms with Crippen molar-refractivity contribution in [3.63, 3.8) is 0 Å². The predicted molar refractivity (Wildman–Crippen MR) is 106 cm³/mol. The molecule has 0 bridgehead atoms. The molecule has 0 radical (unpaired) electrons. The van der Waals surface area contributed by atoms with Gasteiger partial charge in [0.1, 0.15) is 0 Å². The van der Waals surface area contributed by atoms with Gasteiger partial charge < -0.3 is 16.0 Å². The van der Waals surface area contributed by atoms with Crippen molar-refractivity contribution in [1.82, 2.24) is 10.3 Å². The van der Waals surface area contributed by atoms with Crippen LogP contribution in [-0.4, -0.2) is 18.1 Å². The summed E-state index contributed by atoms with van der Waals surface area (Å²) in [6.45, 7) is 1.55. The smallest absolute Gasteiger partial charge is 0.0497 e. The summed E-state index contributed by atoms with van der Waals surface area (Å²) in [5, 5.41) is 4.99. The lowest BCUT2D eigenvalue weighted by molar-refractivity contribution is 0.503. The van der Waals surface area contributed by atoms with Gasteiger partial charge in [-0.15, -0.1) is 24.8 Å². The number of benzene rings is 2. The van der Waals surface area contributed by atoms with Crippen molar-refractivity contribution in [2.24, 2.45) is 5.73 Å². The first-order valence-electron chi connectivity index (χ1n) is 8.01. The molecule has 0 amide bonds. The van der Waals surface area contributed by atoms with Crippen LogP contribution in [0.5, 0.6) is 0 Å². The Morgan fingerprint density at radius 3 is 2.58 bits per heavy atom. The molecule has 4 N–H and O–H groups in total. The van der Waals surface area contributed by atoms with Crippen molar-refractivity contribution >= 4 is 35.7 Å². The molecule has 3 nitrogen and oxygen atoms in total.